The average molecular weight is 268 g/mol. The summed E-state index contributed by atoms with van der Waals surface area (Å²) in [5, 5.41) is 10.8. The number of methoxy groups -OCH3 is 1. The Morgan fingerprint density at radius 1 is 1.10 bits per heavy atom. The van der Waals surface area contributed by atoms with Crippen molar-refractivity contribution in [3.05, 3.63) is 59.0 Å². The summed E-state index contributed by atoms with van der Waals surface area (Å²) in [6.07, 6.45) is 0. The third-order valence-electron chi connectivity index (χ3n) is 3.15. The first kappa shape index (κ1) is 12.3. The Bertz CT molecular complexity index is 819. The molecule has 0 bridgehead atoms. The summed E-state index contributed by atoms with van der Waals surface area (Å²) in [6.45, 7) is 0. The highest BCUT2D eigenvalue weighted by Gasteiger charge is 2.16. The second-order valence-corrected chi connectivity index (χ2v) is 4.34. The number of ether oxygens (including phenoxy) is 1. The number of hydrogen-bond acceptors (Lipinski definition) is 4. The first-order chi connectivity index (χ1) is 9.70. The molecular formula is C16H12O4. The second-order valence-electron chi connectivity index (χ2n) is 4.34. The largest absolute Gasteiger partial charge is 0.506 e. The lowest BCUT2D eigenvalue weighted by molar-refractivity contribution is 0.414. The van der Waals surface area contributed by atoms with Gasteiger partial charge < -0.3 is 14.3 Å². The van der Waals surface area contributed by atoms with Gasteiger partial charge in [-0.05, 0) is 23.8 Å². The van der Waals surface area contributed by atoms with Crippen molar-refractivity contribution in [3.8, 4) is 22.6 Å². The van der Waals surface area contributed by atoms with E-state index in [4.69, 9.17) is 9.15 Å². The highest BCUT2D eigenvalue weighted by Crippen LogP contribution is 2.34. The van der Waals surface area contributed by atoms with Crippen molar-refractivity contribution in [3.63, 3.8) is 0 Å². The molecule has 0 atom stereocenters. The van der Waals surface area contributed by atoms with Gasteiger partial charge in [0.25, 0.3) is 0 Å². The molecule has 0 fully saturated rings. The molecule has 0 aliphatic rings. The van der Waals surface area contributed by atoms with Gasteiger partial charge in [-0.15, -0.1) is 0 Å². The van der Waals surface area contributed by atoms with Crippen LogP contribution in [0.1, 0.15) is 0 Å². The third kappa shape index (κ3) is 1.91. The molecule has 0 aliphatic carbocycles. The van der Waals surface area contributed by atoms with E-state index in [1.165, 1.54) is 7.11 Å². The van der Waals surface area contributed by atoms with Crippen LogP contribution >= 0.6 is 0 Å². The zero-order chi connectivity index (χ0) is 14.1. The minimum absolute atomic E-state index is 0.0960. The molecule has 0 spiro atoms. The molecule has 0 unspecified atom stereocenters. The van der Waals surface area contributed by atoms with E-state index in [0.29, 0.717) is 22.3 Å². The van der Waals surface area contributed by atoms with Crippen LogP contribution in [0.25, 0.3) is 22.1 Å². The first-order valence-electron chi connectivity index (χ1n) is 6.10. The monoisotopic (exact) mass is 268 g/mol. The topological polar surface area (TPSA) is 59.7 Å². The van der Waals surface area contributed by atoms with Gasteiger partial charge in [-0.25, -0.2) is 4.79 Å². The van der Waals surface area contributed by atoms with E-state index < -0.39 is 5.63 Å². The Balaban J connectivity index is 2.36. The average Bonchev–Trinajstić information content (AvgIpc) is 2.48. The molecule has 3 aromatic rings. The quantitative estimate of drug-likeness (QED) is 0.725. The van der Waals surface area contributed by atoms with Gasteiger partial charge in [0.15, 0.2) is 0 Å². The lowest BCUT2D eigenvalue weighted by atomic mass is 10.0. The van der Waals surface area contributed by atoms with E-state index in [1.54, 1.807) is 42.5 Å². The normalized spacial score (nSPS) is 10.7. The van der Waals surface area contributed by atoms with Gasteiger partial charge in [0.1, 0.15) is 22.6 Å². The maximum atomic E-state index is 12.1. The Kier molecular flexibility index (Phi) is 2.91. The summed E-state index contributed by atoms with van der Waals surface area (Å²) in [7, 11) is 1.54. The fourth-order valence-electron chi connectivity index (χ4n) is 2.15. The van der Waals surface area contributed by atoms with E-state index in [2.05, 4.69) is 0 Å². The van der Waals surface area contributed by atoms with Crippen LogP contribution in [0, 0.1) is 0 Å². The molecule has 1 aromatic heterocycles. The van der Waals surface area contributed by atoms with E-state index >= 15 is 0 Å². The summed E-state index contributed by atoms with van der Waals surface area (Å²) in [6, 6.07) is 13.8. The number of hydrogen-bond donors (Lipinski definition) is 1. The predicted octanol–water partition coefficient (Wildman–Crippen LogP) is 3.17. The third-order valence-corrected chi connectivity index (χ3v) is 3.15. The molecule has 4 nitrogen and oxygen atoms in total. The number of benzene rings is 2. The van der Waals surface area contributed by atoms with Gasteiger partial charge in [-0.2, -0.15) is 0 Å². The number of rotatable bonds is 2. The Hall–Kier alpha value is -2.75. The molecule has 1 N–H and O–H groups in total. The summed E-state index contributed by atoms with van der Waals surface area (Å²) < 4.78 is 10.4. The molecular weight excluding hydrogens is 256 g/mol. The van der Waals surface area contributed by atoms with Crippen LogP contribution in [0.4, 0.5) is 0 Å². The van der Waals surface area contributed by atoms with E-state index in [-0.39, 0.29) is 11.3 Å². The summed E-state index contributed by atoms with van der Waals surface area (Å²) in [4.78, 5) is 12.1. The van der Waals surface area contributed by atoms with Gasteiger partial charge >= 0.3 is 5.63 Å². The Labute approximate surface area is 114 Å². The van der Waals surface area contributed by atoms with Crippen LogP contribution in [0.2, 0.25) is 0 Å². The zero-order valence-corrected chi connectivity index (χ0v) is 10.8. The van der Waals surface area contributed by atoms with Crippen LogP contribution < -0.4 is 10.4 Å². The molecule has 100 valence electrons. The van der Waals surface area contributed by atoms with E-state index in [0.717, 1.165) is 0 Å². The highest BCUT2D eigenvalue weighted by atomic mass is 16.5. The molecule has 20 heavy (non-hydrogen) atoms. The fraction of sp³-hybridized carbons (Fsp3) is 0.0625. The molecule has 0 saturated heterocycles. The van der Waals surface area contributed by atoms with Gasteiger partial charge in [0, 0.05) is 0 Å². The lowest BCUT2D eigenvalue weighted by Crippen LogP contribution is -2.03. The summed E-state index contributed by atoms with van der Waals surface area (Å²) >= 11 is 0. The SMILES string of the molecule is COc1ccc2oc(=O)c(-c3ccccc3)c(O)c2c1. The van der Waals surface area contributed by atoms with Gasteiger partial charge in [-0.1, -0.05) is 30.3 Å². The maximum Gasteiger partial charge on any atom is 0.347 e. The minimum atomic E-state index is -0.564. The van der Waals surface area contributed by atoms with Crippen LogP contribution in [0.5, 0.6) is 11.5 Å². The smallest absolute Gasteiger partial charge is 0.347 e. The van der Waals surface area contributed by atoms with Crippen LogP contribution in [0.3, 0.4) is 0 Å². The molecule has 0 radical (unpaired) electrons. The molecule has 0 saturated carbocycles. The van der Waals surface area contributed by atoms with Crippen LogP contribution in [-0.2, 0) is 0 Å². The molecule has 4 heteroatoms. The Morgan fingerprint density at radius 3 is 2.55 bits per heavy atom. The first-order valence-corrected chi connectivity index (χ1v) is 6.10. The van der Waals surface area contributed by atoms with Crippen molar-refractivity contribution in [2.75, 3.05) is 7.11 Å². The number of aromatic hydroxyl groups is 1. The zero-order valence-electron chi connectivity index (χ0n) is 10.8. The van der Waals surface area contributed by atoms with Gasteiger partial charge in [0.05, 0.1) is 12.5 Å². The van der Waals surface area contributed by atoms with E-state index in [1.807, 2.05) is 6.07 Å². The predicted molar refractivity (Wildman–Crippen MR) is 76.1 cm³/mol. The van der Waals surface area contributed by atoms with Crippen molar-refractivity contribution < 1.29 is 14.3 Å². The van der Waals surface area contributed by atoms with Crippen molar-refractivity contribution in [1.29, 1.82) is 0 Å². The molecule has 0 aliphatic heterocycles. The van der Waals surface area contributed by atoms with Crippen molar-refractivity contribution in [2.45, 2.75) is 0 Å². The second kappa shape index (κ2) is 4.74. The molecule has 2 aromatic carbocycles. The van der Waals surface area contributed by atoms with Crippen molar-refractivity contribution >= 4 is 11.0 Å². The van der Waals surface area contributed by atoms with Gasteiger partial charge in [0.2, 0.25) is 0 Å². The lowest BCUT2D eigenvalue weighted by Gasteiger charge is -2.07. The maximum absolute atomic E-state index is 12.1. The van der Waals surface area contributed by atoms with Crippen molar-refractivity contribution in [1.82, 2.24) is 0 Å². The molecule has 0 amide bonds. The van der Waals surface area contributed by atoms with Gasteiger partial charge in [-0.3, -0.25) is 0 Å². The summed E-state index contributed by atoms with van der Waals surface area (Å²) in [5.41, 5.74) is 0.536. The van der Waals surface area contributed by atoms with Crippen LogP contribution in [0.15, 0.2) is 57.7 Å². The molecule has 1 heterocycles. The fourth-order valence-corrected chi connectivity index (χ4v) is 2.15. The highest BCUT2D eigenvalue weighted by molar-refractivity contribution is 5.91. The Morgan fingerprint density at radius 2 is 1.85 bits per heavy atom. The minimum Gasteiger partial charge on any atom is -0.506 e. The molecule has 3 rings (SSSR count). The van der Waals surface area contributed by atoms with E-state index in [9.17, 15) is 9.90 Å². The van der Waals surface area contributed by atoms with Crippen molar-refractivity contribution in [2.24, 2.45) is 0 Å². The standard InChI is InChI=1S/C16H12O4/c1-19-11-7-8-13-12(9-11)15(17)14(16(18)20-13)10-5-3-2-4-6-10/h2-9,17H,1H3. The number of fused-ring (bicyclic) bond motifs is 1. The van der Waals surface area contributed by atoms with Crippen LogP contribution in [-0.4, -0.2) is 12.2 Å². The summed E-state index contributed by atoms with van der Waals surface area (Å²) in [5.74, 6) is 0.488.